The maximum Gasteiger partial charge on any atom is 0.124 e. The van der Waals surface area contributed by atoms with Gasteiger partial charge in [-0.05, 0) is 24.1 Å². The van der Waals surface area contributed by atoms with Gasteiger partial charge in [0.05, 0.1) is 0 Å². The highest BCUT2D eigenvalue weighted by molar-refractivity contribution is 6.31. The van der Waals surface area contributed by atoms with Crippen molar-refractivity contribution >= 4 is 24.0 Å². The average molecular weight is 416 g/mol. The molecule has 0 amide bonds. The molecule has 0 aliphatic carbocycles. The molecule has 0 fully saturated rings. The van der Waals surface area contributed by atoms with Gasteiger partial charge in [0, 0.05) is 28.7 Å². The second-order valence-corrected chi connectivity index (χ2v) is 7.03. The van der Waals surface area contributed by atoms with Crippen molar-refractivity contribution in [2.75, 3.05) is 0 Å². The van der Waals surface area contributed by atoms with Crippen molar-refractivity contribution in [2.24, 2.45) is 0 Å². The minimum absolute atomic E-state index is 0. The maximum absolute atomic E-state index is 6.24. The fourth-order valence-electron chi connectivity index (χ4n) is 3.16. The van der Waals surface area contributed by atoms with Crippen LogP contribution in [-0.4, -0.2) is 0 Å². The van der Waals surface area contributed by atoms with Crippen LogP contribution in [0.2, 0.25) is 5.02 Å². The van der Waals surface area contributed by atoms with E-state index >= 15 is 0 Å². The van der Waals surface area contributed by atoms with Crippen LogP contribution < -0.4 is 10.1 Å². The van der Waals surface area contributed by atoms with Crippen LogP contribution in [0.3, 0.4) is 0 Å². The molecule has 0 aromatic heterocycles. The Morgan fingerprint density at radius 3 is 2.21 bits per heavy atom. The second-order valence-electron chi connectivity index (χ2n) is 6.62. The first-order valence-corrected chi connectivity index (χ1v) is 9.88. The van der Waals surface area contributed by atoms with Gasteiger partial charge >= 0.3 is 0 Å². The summed E-state index contributed by atoms with van der Waals surface area (Å²) in [7, 11) is 0. The standard InChI is InChI=1S/C24H26ClNO.ClH/c1-2-10-23(19-11-4-3-5-12-19)26-17-20-13-7-9-16-24(20)27-18-21-14-6-8-15-22(21)25;/h3-9,11-16,23,26H,2,10,17-18H2,1H3;1H. The van der Waals surface area contributed by atoms with Crippen LogP contribution in [0.5, 0.6) is 5.75 Å². The largest absolute Gasteiger partial charge is 0.489 e. The van der Waals surface area contributed by atoms with E-state index in [4.69, 9.17) is 16.3 Å². The van der Waals surface area contributed by atoms with Gasteiger partial charge in [0.2, 0.25) is 0 Å². The Morgan fingerprint density at radius 1 is 0.857 bits per heavy atom. The Hall–Kier alpha value is -2.00. The van der Waals surface area contributed by atoms with Crippen LogP contribution in [0.4, 0.5) is 0 Å². The molecule has 0 saturated carbocycles. The lowest BCUT2D eigenvalue weighted by atomic mass is 10.0. The molecule has 0 spiro atoms. The number of hydrogen-bond acceptors (Lipinski definition) is 2. The number of ether oxygens (including phenoxy) is 1. The lowest BCUT2D eigenvalue weighted by molar-refractivity contribution is 0.301. The van der Waals surface area contributed by atoms with E-state index in [-0.39, 0.29) is 12.4 Å². The van der Waals surface area contributed by atoms with Crippen molar-refractivity contribution in [3.8, 4) is 5.75 Å². The molecule has 0 heterocycles. The molecule has 0 aliphatic rings. The minimum atomic E-state index is 0. The number of hydrogen-bond donors (Lipinski definition) is 1. The Labute approximate surface area is 179 Å². The lowest BCUT2D eigenvalue weighted by Gasteiger charge is -2.20. The number of benzene rings is 3. The molecule has 1 atom stereocenters. The predicted molar refractivity (Wildman–Crippen MR) is 120 cm³/mol. The van der Waals surface area contributed by atoms with Gasteiger partial charge in [0.25, 0.3) is 0 Å². The van der Waals surface area contributed by atoms with Gasteiger partial charge in [0.15, 0.2) is 0 Å². The number of halogens is 2. The molecule has 148 valence electrons. The zero-order valence-electron chi connectivity index (χ0n) is 16.1. The monoisotopic (exact) mass is 415 g/mol. The van der Waals surface area contributed by atoms with E-state index in [9.17, 15) is 0 Å². The first kappa shape index (κ1) is 22.3. The molecule has 2 nitrogen and oxygen atoms in total. The Balaban J connectivity index is 0.00000280. The van der Waals surface area contributed by atoms with Gasteiger partial charge in [-0.2, -0.15) is 0 Å². The van der Waals surface area contributed by atoms with E-state index in [1.54, 1.807) is 0 Å². The highest BCUT2D eigenvalue weighted by Crippen LogP contribution is 2.24. The van der Waals surface area contributed by atoms with Crippen LogP contribution in [0.15, 0.2) is 78.9 Å². The molecule has 1 unspecified atom stereocenters. The third-order valence-electron chi connectivity index (χ3n) is 4.63. The second kappa shape index (κ2) is 11.8. The molecule has 0 saturated heterocycles. The summed E-state index contributed by atoms with van der Waals surface area (Å²) in [6.45, 7) is 3.45. The number of nitrogens with one attached hydrogen (secondary N) is 1. The fraction of sp³-hybridized carbons (Fsp3) is 0.250. The molecule has 0 radical (unpaired) electrons. The zero-order chi connectivity index (χ0) is 18.9. The van der Waals surface area contributed by atoms with Crippen molar-refractivity contribution in [1.82, 2.24) is 5.32 Å². The Kier molecular flexibility index (Phi) is 9.36. The van der Waals surface area contributed by atoms with Gasteiger partial charge in [0.1, 0.15) is 12.4 Å². The van der Waals surface area contributed by atoms with E-state index < -0.39 is 0 Å². The summed E-state index contributed by atoms with van der Waals surface area (Å²) >= 11 is 6.24. The highest BCUT2D eigenvalue weighted by Gasteiger charge is 2.11. The summed E-state index contributed by atoms with van der Waals surface area (Å²) in [4.78, 5) is 0. The quantitative estimate of drug-likeness (QED) is 0.407. The van der Waals surface area contributed by atoms with Gasteiger partial charge in [-0.15, -0.1) is 12.4 Å². The van der Waals surface area contributed by atoms with Gasteiger partial charge in [-0.3, -0.25) is 0 Å². The number of para-hydroxylation sites is 1. The van der Waals surface area contributed by atoms with Crippen molar-refractivity contribution in [2.45, 2.75) is 39.0 Å². The maximum atomic E-state index is 6.24. The van der Waals surface area contributed by atoms with E-state index in [2.05, 4.69) is 54.7 Å². The highest BCUT2D eigenvalue weighted by atomic mass is 35.5. The smallest absolute Gasteiger partial charge is 0.124 e. The SMILES string of the molecule is CCCC(NCc1ccccc1OCc1ccccc1Cl)c1ccccc1.Cl. The van der Waals surface area contributed by atoms with Crippen LogP contribution in [-0.2, 0) is 13.2 Å². The first-order valence-electron chi connectivity index (χ1n) is 9.50. The molecule has 4 heteroatoms. The first-order chi connectivity index (χ1) is 13.3. The van der Waals surface area contributed by atoms with Gasteiger partial charge < -0.3 is 10.1 Å². The van der Waals surface area contributed by atoms with Crippen molar-refractivity contribution in [3.63, 3.8) is 0 Å². The molecular formula is C24H27Cl2NO. The van der Waals surface area contributed by atoms with Crippen LogP contribution in [0, 0.1) is 0 Å². The third kappa shape index (κ3) is 6.27. The normalized spacial score (nSPS) is 11.5. The summed E-state index contributed by atoms with van der Waals surface area (Å²) in [6.07, 6.45) is 2.24. The summed E-state index contributed by atoms with van der Waals surface area (Å²) in [5, 5.41) is 4.43. The summed E-state index contributed by atoms with van der Waals surface area (Å²) in [5.74, 6) is 0.897. The average Bonchev–Trinajstić information content (AvgIpc) is 2.72. The summed E-state index contributed by atoms with van der Waals surface area (Å²) in [5.41, 5.74) is 3.48. The fourth-order valence-corrected chi connectivity index (χ4v) is 3.35. The summed E-state index contributed by atoms with van der Waals surface area (Å²) in [6, 6.07) is 27.0. The van der Waals surface area contributed by atoms with E-state index in [0.717, 1.165) is 41.3 Å². The van der Waals surface area contributed by atoms with Crippen molar-refractivity contribution in [1.29, 1.82) is 0 Å². The third-order valence-corrected chi connectivity index (χ3v) is 5.00. The Bertz CT molecular complexity index is 839. The molecular weight excluding hydrogens is 389 g/mol. The Morgan fingerprint density at radius 2 is 1.50 bits per heavy atom. The van der Waals surface area contributed by atoms with E-state index in [1.807, 2.05) is 36.4 Å². The van der Waals surface area contributed by atoms with Crippen LogP contribution >= 0.6 is 24.0 Å². The van der Waals surface area contributed by atoms with Crippen LogP contribution in [0.25, 0.3) is 0 Å². The van der Waals surface area contributed by atoms with Crippen molar-refractivity contribution in [3.05, 3.63) is 101 Å². The molecule has 3 aromatic carbocycles. The molecule has 28 heavy (non-hydrogen) atoms. The molecule has 0 bridgehead atoms. The molecule has 1 N–H and O–H groups in total. The summed E-state index contributed by atoms with van der Waals surface area (Å²) < 4.78 is 6.08. The molecule has 3 aromatic rings. The van der Waals surface area contributed by atoms with Crippen molar-refractivity contribution < 1.29 is 4.74 Å². The predicted octanol–water partition coefficient (Wildman–Crippen LogP) is 6.97. The topological polar surface area (TPSA) is 21.3 Å². The van der Waals surface area contributed by atoms with E-state index in [0.29, 0.717) is 12.6 Å². The zero-order valence-corrected chi connectivity index (χ0v) is 17.7. The van der Waals surface area contributed by atoms with E-state index in [1.165, 1.54) is 5.56 Å². The molecule has 0 aliphatic heterocycles. The van der Waals surface area contributed by atoms with Gasteiger partial charge in [-0.25, -0.2) is 0 Å². The lowest BCUT2D eigenvalue weighted by Crippen LogP contribution is -2.21. The van der Waals surface area contributed by atoms with Gasteiger partial charge in [-0.1, -0.05) is 91.7 Å². The molecule has 3 rings (SSSR count). The minimum Gasteiger partial charge on any atom is -0.489 e. The number of rotatable bonds is 9. The van der Waals surface area contributed by atoms with Crippen LogP contribution in [0.1, 0.15) is 42.5 Å².